The second kappa shape index (κ2) is 7.48. The SMILES string of the molecule is O=CCn1c(-c2ccccc2)cc2c3ccccc3n(Cc3ccccc3)c2c1=O. The molecule has 2 heterocycles. The van der Waals surface area contributed by atoms with Crippen LogP contribution in [0.1, 0.15) is 5.56 Å². The van der Waals surface area contributed by atoms with Crippen molar-refractivity contribution in [2.75, 3.05) is 0 Å². The highest BCUT2D eigenvalue weighted by molar-refractivity contribution is 6.08. The summed E-state index contributed by atoms with van der Waals surface area (Å²) in [4.78, 5) is 25.1. The first-order chi connectivity index (χ1) is 14.8. The lowest BCUT2D eigenvalue weighted by molar-refractivity contribution is -0.108. The van der Waals surface area contributed by atoms with E-state index < -0.39 is 0 Å². The number of nitrogens with zero attached hydrogens (tertiary/aromatic N) is 2. The number of fused-ring (bicyclic) bond motifs is 3. The zero-order valence-corrected chi connectivity index (χ0v) is 16.4. The molecule has 4 heteroatoms. The third kappa shape index (κ3) is 2.94. The summed E-state index contributed by atoms with van der Waals surface area (Å²) in [6.45, 7) is 0.609. The topological polar surface area (TPSA) is 44.0 Å². The van der Waals surface area contributed by atoms with Crippen molar-refractivity contribution in [1.29, 1.82) is 0 Å². The first kappa shape index (κ1) is 18.1. The Kier molecular flexibility index (Phi) is 4.52. The van der Waals surface area contributed by atoms with E-state index in [1.54, 1.807) is 4.57 Å². The van der Waals surface area contributed by atoms with Crippen molar-refractivity contribution < 1.29 is 4.79 Å². The number of hydrogen-bond acceptors (Lipinski definition) is 2. The highest BCUT2D eigenvalue weighted by Crippen LogP contribution is 2.31. The van der Waals surface area contributed by atoms with Crippen LogP contribution in [0.5, 0.6) is 0 Å². The van der Waals surface area contributed by atoms with Crippen LogP contribution in [-0.4, -0.2) is 15.4 Å². The van der Waals surface area contributed by atoms with E-state index in [0.717, 1.165) is 39.4 Å². The number of para-hydroxylation sites is 1. The number of aromatic nitrogens is 2. The second-order valence-electron chi connectivity index (χ2n) is 7.33. The fourth-order valence-electron chi connectivity index (χ4n) is 4.19. The minimum absolute atomic E-state index is 0.0197. The van der Waals surface area contributed by atoms with Crippen LogP contribution in [0.3, 0.4) is 0 Å². The molecule has 0 unspecified atom stereocenters. The monoisotopic (exact) mass is 392 g/mol. The van der Waals surface area contributed by atoms with E-state index in [0.29, 0.717) is 12.1 Å². The molecule has 0 atom stereocenters. The van der Waals surface area contributed by atoms with E-state index in [2.05, 4.69) is 22.8 Å². The number of pyridine rings is 1. The van der Waals surface area contributed by atoms with Gasteiger partial charge in [0.05, 0.1) is 12.2 Å². The van der Waals surface area contributed by atoms with Gasteiger partial charge in [0.25, 0.3) is 5.56 Å². The van der Waals surface area contributed by atoms with E-state index in [1.807, 2.05) is 72.8 Å². The molecule has 0 aliphatic carbocycles. The molecule has 0 spiro atoms. The van der Waals surface area contributed by atoms with Crippen LogP contribution in [0, 0.1) is 0 Å². The molecule has 0 saturated carbocycles. The lowest BCUT2D eigenvalue weighted by Crippen LogP contribution is -2.24. The molecular formula is C26H20N2O2. The molecule has 0 saturated heterocycles. The summed E-state index contributed by atoms with van der Waals surface area (Å²) in [7, 11) is 0. The maximum atomic E-state index is 13.7. The van der Waals surface area contributed by atoms with Gasteiger partial charge in [-0.1, -0.05) is 78.9 Å². The average Bonchev–Trinajstić information content (AvgIpc) is 3.11. The van der Waals surface area contributed by atoms with Crippen LogP contribution in [0.4, 0.5) is 0 Å². The Bertz CT molecular complexity index is 1410. The Labute approximate surface area is 173 Å². The molecule has 0 aliphatic rings. The van der Waals surface area contributed by atoms with Crippen molar-refractivity contribution in [2.24, 2.45) is 0 Å². The summed E-state index contributed by atoms with van der Waals surface area (Å²) in [6.07, 6.45) is 0.782. The number of aldehydes is 1. The van der Waals surface area contributed by atoms with Gasteiger partial charge in [0.2, 0.25) is 0 Å². The lowest BCUT2D eigenvalue weighted by Gasteiger charge is -2.13. The van der Waals surface area contributed by atoms with Crippen molar-refractivity contribution in [3.8, 4) is 11.3 Å². The summed E-state index contributed by atoms with van der Waals surface area (Å²) in [6, 6.07) is 30.0. The van der Waals surface area contributed by atoms with Gasteiger partial charge in [-0.3, -0.25) is 9.36 Å². The van der Waals surface area contributed by atoms with Gasteiger partial charge < -0.3 is 9.36 Å². The molecule has 30 heavy (non-hydrogen) atoms. The predicted molar refractivity (Wildman–Crippen MR) is 121 cm³/mol. The Hall–Kier alpha value is -3.92. The zero-order valence-electron chi connectivity index (χ0n) is 16.4. The first-order valence-electron chi connectivity index (χ1n) is 9.95. The molecule has 146 valence electrons. The summed E-state index contributed by atoms with van der Waals surface area (Å²) in [5.41, 5.74) is 4.28. The molecule has 5 aromatic rings. The van der Waals surface area contributed by atoms with E-state index in [4.69, 9.17) is 0 Å². The van der Waals surface area contributed by atoms with E-state index >= 15 is 0 Å². The summed E-state index contributed by atoms with van der Waals surface area (Å²) in [5, 5.41) is 1.95. The molecule has 0 amide bonds. The molecular weight excluding hydrogens is 372 g/mol. The maximum absolute atomic E-state index is 13.7. The summed E-state index contributed by atoms with van der Waals surface area (Å²) >= 11 is 0. The van der Waals surface area contributed by atoms with Crippen LogP contribution in [0.25, 0.3) is 33.1 Å². The highest BCUT2D eigenvalue weighted by atomic mass is 16.1. The molecule has 5 rings (SSSR count). The molecule has 3 aromatic carbocycles. The number of carbonyl (C=O) groups excluding carboxylic acids is 1. The third-order valence-corrected chi connectivity index (χ3v) is 5.54. The van der Waals surface area contributed by atoms with Gasteiger partial charge in [0, 0.05) is 22.8 Å². The number of rotatable bonds is 5. The van der Waals surface area contributed by atoms with Gasteiger partial charge in [-0.2, -0.15) is 0 Å². The fraction of sp³-hybridized carbons (Fsp3) is 0.0769. The molecule has 0 bridgehead atoms. The molecule has 0 N–H and O–H groups in total. The van der Waals surface area contributed by atoms with Crippen molar-refractivity contribution in [2.45, 2.75) is 13.1 Å². The quantitative estimate of drug-likeness (QED) is 0.401. The van der Waals surface area contributed by atoms with Crippen molar-refractivity contribution >= 4 is 28.1 Å². The standard InChI is InChI=1S/C26H20N2O2/c29-16-15-27-24(20-11-5-2-6-12-20)17-22-21-13-7-8-14-23(21)28(25(22)26(27)30)18-19-9-3-1-4-10-19/h1-14,16-17H,15,18H2. The Morgan fingerprint density at radius 2 is 1.40 bits per heavy atom. The zero-order chi connectivity index (χ0) is 20.5. The van der Waals surface area contributed by atoms with Gasteiger partial charge in [0.1, 0.15) is 11.8 Å². The summed E-state index contributed by atoms with van der Waals surface area (Å²) in [5.74, 6) is 0. The van der Waals surface area contributed by atoms with Crippen LogP contribution in [0.15, 0.2) is 95.8 Å². The van der Waals surface area contributed by atoms with Gasteiger partial charge in [-0.25, -0.2) is 0 Å². The van der Waals surface area contributed by atoms with E-state index in [1.165, 1.54) is 0 Å². The fourth-order valence-corrected chi connectivity index (χ4v) is 4.19. The Balaban J connectivity index is 1.88. The van der Waals surface area contributed by atoms with Crippen molar-refractivity contribution in [3.05, 3.63) is 107 Å². The van der Waals surface area contributed by atoms with Crippen LogP contribution >= 0.6 is 0 Å². The summed E-state index contributed by atoms with van der Waals surface area (Å²) < 4.78 is 3.64. The van der Waals surface area contributed by atoms with Crippen LogP contribution in [0.2, 0.25) is 0 Å². The second-order valence-corrected chi connectivity index (χ2v) is 7.33. The smallest absolute Gasteiger partial charge is 0.275 e. The minimum Gasteiger partial charge on any atom is -0.331 e. The van der Waals surface area contributed by atoms with Crippen LogP contribution < -0.4 is 5.56 Å². The Morgan fingerprint density at radius 1 is 0.733 bits per heavy atom. The molecule has 0 radical (unpaired) electrons. The van der Waals surface area contributed by atoms with Crippen LogP contribution in [-0.2, 0) is 17.9 Å². The first-order valence-corrected chi connectivity index (χ1v) is 9.95. The molecule has 0 aliphatic heterocycles. The molecule has 0 fully saturated rings. The van der Waals surface area contributed by atoms with Gasteiger partial charge >= 0.3 is 0 Å². The van der Waals surface area contributed by atoms with Gasteiger partial charge in [0.15, 0.2) is 0 Å². The molecule has 4 nitrogen and oxygen atoms in total. The molecule has 2 aromatic heterocycles. The van der Waals surface area contributed by atoms with Crippen molar-refractivity contribution in [1.82, 2.24) is 9.13 Å². The number of carbonyl (C=O) groups is 1. The largest absolute Gasteiger partial charge is 0.331 e. The van der Waals surface area contributed by atoms with Gasteiger partial charge in [-0.05, 0) is 23.3 Å². The van der Waals surface area contributed by atoms with Gasteiger partial charge in [-0.15, -0.1) is 0 Å². The average molecular weight is 392 g/mol. The third-order valence-electron chi connectivity index (χ3n) is 5.54. The highest BCUT2D eigenvalue weighted by Gasteiger charge is 2.18. The number of hydrogen-bond donors (Lipinski definition) is 0. The predicted octanol–water partition coefficient (Wildman–Crippen LogP) is 4.87. The normalized spacial score (nSPS) is 11.2. The van der Waals surface area contributed by atoms with E-state index in [9.17, 15) is 9.59 Å². The lowest BCUT2D eigenvalue weighted by atomic mass is 10.1. The maximum Gasteiger partial charge on any atom is 0.275 e. The van der Waals surface area contributed by atoms with Crippen molar-refractivity contribution in [3.63, 3.8) is 0 Å². The minimum atomic E-state index is -0.148. The van der Waals surface area contributed by atoms with E-state index in [-0.39, 0.29) is 12.1 Å². The number of benzene rings is 3. The Morgan fingerprint density at radius 3 is 2.13 bits per heavy atom.